The molecule has 0 rings (SSSR count). The summed E-state index contributed by atoms with van der Waals surface area (Å²) in [5.74, 6) is -5.54. The van der Waals surface area contributed by atoms with Gasteiger partial charge in [0.1, 0.15) is 0 Å². The molecule has 7 radical (unpaired) electrons. The SMILES string of the molecule is O=CO[B]N([B]C(=O)O)[B]C(=O)O.O=CO[B]N([B]OC=O)CN([B]C(=O)O)[B]C(=O)O. The summed E-state index contributed by atoms with van der Waals surface area (Å²) in [5.41, 5.74) is 0. The van der Waals surface area contributed by atoms with Crippen molar-refractivity contribution in [2.45, 2.75) is 0 Å². The molecule has 0 unspecified atom stereocenters. The second-order valence-electron chi connectivity index (χ2n) is 4.50. The van der Waals surface area contributed by atoms with Gasteiger partial charge in [0.15, 0.2) is 0 Å². The average Bonchev–Trinajstić information content (AvgIpc) is 2.66. The van der Waals surface area contributed by atoms with E-state index >= 15 is 0 Å². The molecule has 0 aromatic carbocycles. The summed E-state index contributed by atoms with van der Waals surface area (Å²) in [6.07, 6.45) is 0. The van der Waals surface area contributed by atoms with Crippen LogP contribution in [0, 0.1) is 0 Å². The van der Waals surface area contributed by atoms with Crippen molar-refractivity contribution in [2.24, 2.45) is 0 Å². The molecule has 0 aliphatic heterocycles. The summed E-state index contributed by atoms with van der Waals surface area (Å²) in [6.45, 7) is -0.236. The van der Waals surface area contributed by atoms with E-state index in [1.54, 1.807) is 0 Å². The van der Waals surface area contributed by atoms with Crippen molar-refractivity contribution >= 4 is 95.4 Å². The summed E-state index contributed by atoms with van der Waals surface area (Å²) in [5, 5.41) is 33.5. The molecule has 0 aromatic heterocycles. The third-order valence-electron chi connectivity index (χ3n) is 2.14. The third kappa shape index (κ3) is 21.3. The number of carbonyl (C=O) groups excluding carboxylic acids is 3. The first-order valence-electron chi connectivity index (χ1n) is 7.43. The second-order valence-corrected chi connectivity index (χ2v) is 4.50. The van der Waals surface area contributed by atoms with Gasteiger partial charge in [-0.25, -0.2) is 0 Å². The van der Waals surface area contributed by atoms with Crippen molar-refractivity contribution in [2.75, 3.05) is 6.67 Å². The minimum atomic E-state index is -1.40. The molecule has 0 atom stereocenters. The van der Waals surface area contributed by atoms with Crippen molar-refractivity contribution in [1.82, 2.24) is 14.1 Å². The highest BCUT2D eigenvalue weighted by atomic mass is 16.5. The highest BCUT2D eigenvalue weighted by Crippen LogP contribution is 1.91. The molecule has 17 nitrogen and oxygen atoms in total. The molecule has 0 amide bonds. The first-order chi connectivity index (χ1) is 15.0. The number of hydrogen-bond acceptors (Lipinski definition) is 13. The summed E-state index contributed by atoms with van der Waals surface area (Å²) < 4.78 is 14.8. The van der Waals surface area contributed by atoms with Crippen LogP contribution in [0.1, 0.15) is 0 Å². The molecule has 4 N–H and O–H groups in total. The first-order valence-corrected chi connectivity index (χ1v) is 7.43. The molecular formula is C8H9B7N3O14. The summed E-state index contributed by atoms with van der Waals surface area (Å²) in [4.78, 5) is 70.8. The predicted molar refractivity (Wildman–Crippen MR) is 104 cm³/mol. The minimum absolute atomic E-state index is 0.0262. The Kier molecular flexibility index (Phi) is 18.9. The Bertz CT molecular complexity index is 599. The molecule has 0 saturated heterocycles. The number of carboxylic acid groups (broad SMARTS) is 4. The fourth-order valence-electron chi connectivity index (χ4n) is 1.34. The van der Waals surface area contributed by atoms with Gasteiger partial charge < -0.3 is 48.5 Å². The van der Waals surface area contributed by atoms with Gasteiger partial charge in [-0.15, -0.1) is 0 Å². The highest BCUT2D eigenvalue weighted by molar-refractivity contribution is 6.88. The predicted octanol–water partition coefficient (Wildman–Crippen LogP) is -3.85. The van der Waals surface area contributed by atoms with Crippen molar-refractivity contribution < 1.29 is 68.0 Å². The normalized spacial score (nSPS) is 9.09. The molecule has 32 heavy (non-hydrogen) atoms. The zero-order chi connectivity index (χ0) is 24.9. The van der Waals surface area contributed by atoms with E-state index in [1.165, 1.54) is 0 Å². The maximum atomic E-state index is 10.5. The van der Waals surface area contributed by atoms with E-state index in [0.29, 0.717) is 41.9 Å². The van der Waals surface area contributed by atoms with E-state index in [4.69, 9.17) is 20.4 Å². The summed E-state index contributed by atoms with van der Waals surface area (Å²) in [7, 11) is 4.35. The molecule has 0 spiro atoms. The van der Waals surface area contributed by atoms with Crippen LogP contribution in [0.4, 0.5) is 19.2 Å². The zero-order valence-electron chi connectivity index (χ0n) is 15.7. The lowest BCUT2D eigenvalue weighted by atomic mass is 9.71. The van der Waals surface area contributed by atoms with Crippen LogP contribution in [0.15, 0.2) is 0 Å². The van der Waals surface area contributed by atoms with Crippen molar-refractivity contribution in [1.29, 1.82) is 0 Å². The van der Waals surface area contributed by atoms with Crippen LogP contribution in [0.3, 0.4) is 0 Å². The molecule has 24 heteroatoms. The van der Waals surface area contributed by atoms with Crippen LogP contribution in [0.5, 0.6) is 0 Å². The van der Waals surface area contributed by atoms with E-state index in [-0.39, 0.29) is 26.1 Å². The van der Waals surface area contributed by atoms with Crippen molar-refractivity contribution in [3.63, 3.8) is 0 Å². The Balaban J connectivity index is 0. The van der Waals surface area contributed by atoms with Gasteiger partial charge in [0.25, 0.3) is 42.9 Å². The average molecular weight is 447 g/mol. The molecule has 0 fully saturated rings. The number of hydrogen-bond donors (Lipinski definition) is 4. The zero-order valence-corrected chi connectivity index (χ0v) is 15.7. The molecule has 0 aromatic rings. The topological polar surface area (TPSA) is 238 Å². The van der Waals surface area contributed by atoms with Gasteiger partial charge in [-0.1, -0.05) is 0 Å². The summed E-state index contributed by atoms with van der Waals surface area (Å²) >= 11 is 0. The van der Waals surface area contributed by atoms with Crippen LogP contribution in [0.25, 0.3) is 0 Å². The molecule has 0 bridgehead atoms. The van der Waals surface area contributed by atoms with Crippen LogP contribution >= 0.6 is 0 Å². The highest BCUT2D eigenvalue weighted by Gasteiger charge is 2.23. The lowest BCUT2D eigenvalue weighted by molar-refractivity contribution is -0.122. The Hall–Kier alpha value is -3.38. The number of carbonyl (C=O) groups is 7. The van der Waals surface area contributed by atoms with E-state index < -0.39 is 23.5 Å². The Morgan fingerprint density at radius 1 is 0.594 bits per heavy atom. The monoisotopic (exact) mass is 448 g/mol. The summed E-state index contributed by atoms with van der Waals surface area (Å²) in [6, 6.07) is 0. The standard InChI is InChI=1S/C5H6B4N2O8.C3H3B3NO6/c12-2-18-8-11(9-19-3-13)1-10(6-4(14)15)7-5(16)17;8-1-13-6-7(4-2(9)10)5-3(11)12/h2-3H,1H2,(H,14,15)(H,16,17);1H,(H,9,10)(H,11,12). The largest absolute Gasteiger partial charge is 0.525 e. The van der Waals surface area contributed by atoms with Gasteiger partial charge in [-0.2, -0.15) is 0 Å². The van der Waals surface area contributed by atoms with Crippen molar-refractivity contribution in [3.8, 4) is 0 Å². The van der Waals surface area contributed by atoms with Gasteiger partial charge in [0.2, 0.25) is 0 Å². The Morgan fingerprint density at radius 3 is 1.25 bits per heavy atom. The fraction of sp³-hybridized carbons (Fsp3) is 0.125. The first kappa shape index (κ1) is 30.8. The smallest absolute Gasteiger partial charge is 0.473 e. The molecule has 0 aliphatic rings. The van der Waals surface area contributed by atoms with Crippen LogP contribution < -0.4 is 0 Å². The quantitative estimate of drug-likeness (QED) is 0.0842. The minimum Gasteiger partial charge on any atom is -0.525 e. The van der Waals surface area contributed by atoms with E-state index in [9.17, 15) is 33.6 Å². The molecule has 0 saturated carbocycles. The second kappa shape index (κ2) is 19.6. The third-order valence-corrected chi connectivity index (χ3v) is 2.14. The molecular weight excluding hydrogens is 438 g/mol. The van der Waals surface area contributed by atoms with Crippen LogP contribution in [-0.2, 0) is 28.3 Å². The van der Waals surface area contributed by atoms with Crippen LogP contribution in [-0.4, -0.2) is 137 Å². The Labute approximate surface area is 184 Å². The maximum Gasteiger partial charge on any atom is 0.473 e. The maximum absolute atomic E-state index is 10.5. The molecule has 0 heterocycles. The number of nitrogens with zero attached hydrogens (tertiary/aromatic N) is 3. The van der Waals surface area contributed by atoms with E-state index in [1.807, 2.05) is 0 Å². The number of rotatable bonds is 19. The van der Waals surface area contributed by atoms with Gasteiger partial charge in [-0.3, -0.25) is 33.6 Å². The fourth-order valence-corrected chi connectivity index (χ4v) is 1.34. The van der Waals surface area contributed by atoms with Gasteiger partial charge in [0, 0.05) is 6.67 Å². The van der Waals surface area contributed by atoms with Gasteiger partial charge in [-0.05, 0) is 0 Å². The Morgan fingerprint density at radius 2 is 0.938 bits per heavy atom. The lowest BCUT2D eigenvalue weighted by Gasteiger charge is -2.24. The molecule has 0 aliphatic carbocycles. The van der Waals surface area contributed by atoms with E-state index in [2.05, 4.69) is 14.0 Å². The lowest BCUT2D eigenvalue weighted by Crippen LogP contribution is -2.49. The molecule has 161 valence electrons. The van der Waals surface area contributed by atoms with E-state index in [0.717, 1.165) is 24.7 Å². The van der Waals surface area contributed by atoms with Crippen molar-refractivity contribution in [3.05, 3.63) is 0 Å². The van der Waals surface area contributed by atoms with Gasteiger partial charge >= 0.3 is 52.5 Å². The van der Waals surface area contributed by atoms with Crippen LogP contribution in [0.2, 0.25) is 0 Å². The van der Waals surface area contributed by atoms with Gasteiger partial charge in [0.05, 0.1) is 0 Å².